The zero-order chi connectivity index (χ0) is 17.1. The smallest absolute Gasteiger partial charge is 0.224 e. The summed E-state index contributed by atoms with van der Waals surface area (Å²) >= 11 is 0. The van der Waals surface area contributed by atoms with E-state index in [-0.39, 0.29) is 24.2 Å². The summed E-state index contributed by atoms with van der Waals surface area (Å²) in [6.07, 6.45) is 2.33. The predicted octanol–water partition coefficient (Wildman–Crippen LogP) is 2.75. The lowest BCUT2D eigenvalue weighted by atomic mass is 10.0. The highest BCUT2D eigenvalue weighted by molar-refractivity contribution is 5.77. The Morgan fingerprint density at radius 3 is 3.00 bits per heavy atom. The first-order chi connectivity index (χ1) is 11.5. The van der Waals surface area contributed by atoms with Crippen LogP contribution in [0.4, 0.5) is 4.39 Å². The molecule has 1 aliphatic heterocycles. The number of benzene rings is 1. The Bertz CT molecular complexity index is 716. The van der Waals surface area contributed by atoms with E-state index in [1.807, 2.05) is 13.0 Å². The Morgan fingerprint density at radius 2 is 2.29 bits per heavy atom. The number of carbonyl (C=O) groups is 1. The van der Waals surface area contributed by atoms with Crippen LogP contribution in [0.15, 0.2) is 34.9 Å². The van der Waals surface area contributed by atoms with Crippen LogP contribution in [0, 0.1) is 12.7 Å². The molecule has 3 rings (SSSR count). The maximum absolute atomic E-state index is 13.7. The molecule has 1 saturated heterocycles. The van der Waals surface area contributed by atoms with Crippen LogP contribution in [-0.4, -0.2) is 28.6 Å². The minimum atomic E-state index is -0.410. The summed E-state index contributed by atoms with van der Waals surface area (Å²) < 4.78 is 19.0. The maximum atomic E-state index is 13.7. The topological polar surface area (TPSA) is 72.4 Å². The lowest BCUT2D eigenvalue weighted by Gasteiger charge is -2.24. The first-order valence-corrected chi connectivity index (χ1v) is 8.26. The number of nitrogens with two attached hydrogens (primary N) is 1. The van der Waals surface area contributed by atoms with Gasteiger partial charge in [-0.3, -0.25) is 4.79 Å². The molecule has 1 aromatic heterocycles. The van der Waals surface area contributed by atoms with Crippen LogP contribution < -0.4 is 5.73 Å². The SMILES string of the molecule is Cc1cc([C@@H]2CCCN2C(=O)CC(N)Cc2ccccc2F)on1. The third kappa shape index (κ3) is 3.64. The van der Waals surface area contributed by atoms with E-state index < -0.39 is 6.04 Å². The molecule has 6 heteroatoms. The minimum absolute atomic E-state index is 0.0182. The van der Waals surface area contributed by atoms with E-state index in [4.69, 9.17) is 10.3 Å². The number of aryl methyl sites for hydroxylation is 1. The fraction of sp³-hybridized carbons (Fsp3) is 0.444. The monoisotopic (exact) mass is 331 g/mol. The van der Waals surface area contributed by atoms with Gasteiger partial charge in [0.25, 0.3) is 0 Å². The third-order valence-corrected chi connectivity index (χ3v) is 4.42. The Morgan fingerprint density at radius 1 is 1.50 bits per heavy atom. The molecule has 128 valence electrons. The van der Waals surface area contributed by atoms with Crippen molar-refractivity contribution in [1.29, 1.82) is 0 Å². The quantitative estimate of drug-likeness (QED) is 0.914. The number of hydrogen-bond donors (Lipinski definition) is 1. The average Bonchev–Trinajstić information content (AvgIpc) is 3.18. The summed E-state index contributed by atoms with van der Waals surface area (Å²) in [4.78, 5) is 14.4. The van der Waals surface area contributed by atoms with Gasteiger partial charge in [-0.2, -0.15) is 0 Å². The van der Waals surface area contributed by atoms with E-state index >= 15 is 0 Å². The third-order valence-electron chi connectivity index (χ3n) is 4.42. The van der Waals surface area contributed by atoms with Gasteiger partial charge >= 0.3 is 0 Å². The van der Waals surface area contributed by atoms with E-state index in [1.165, 1.54) is 6.07 Å². The average molecular weight is 331 g/mol. The van der Waals surface area contributed by atoms with E-state index in [1.54, 1.807) is 23.1 Å². The second-order valence-corrected chi connectivity index (χ2v) is 6.38. The van der Waals surface area contributed by atoms with E-state index in [9.17, 15) is 9.18 Å². The van der Waals surface area contributed by atoms with Gasteiger partial charge in [0.15, 0.2) is 5.76 Å². The molecular formula is C18H22FN3O2. The molecule has 1 aromatic carbocycles. The molecular weight excluding hydrogens is 309 g/mol. The van der Waals surface area contributed by atoms with Crippen molar-refractivity contribution in [3.05, 3.63) is 53.2 Å². The van der Waals surface area contributed by atoms with Crippen molar-refractivity contribution in [2.24, 2.45) is 5.73 Å². The second kappa shape index (κ2) is 7.13. The van der Waals surface area contributed by atoms with Gasteiger partial charge < -0.3 is 15.2 Å². The summed E-state index contributed by atoms with van der Waals surface area (Å²) in [5, 5.41) is 3.90. The lowest BCUT2D eigenvalue weighted by Crippen LogP contribution is -2.36. The van der Waals surface area contributed by atoms with Crippen molar-refractivity contribution < 1.29 is 13.7 Å². The Hall–Kier alpha value is -2.21. The van der Waals surface area contributed by atoms with Gasteiger partial charge in [0.1, 0.15) is 5.82 Å². The van der Waals surface area contributed by atoms with Crippen molar-refractivity contribution in [2.75, 3.05) is 6.54 Å². The number of rotatable bonds is 5. The Balaban J connectivity index is 1.62. The van der Waals surface area contributed by atoms with Crippen LogP contribution in [0.25, 0.3) is 0 Å². The summed E-state index contributed by atoms with van der Waals surface area (Å²) in [6.45, 7) is 2.55. The molecule has 0 saturated carbocycles. The van der Waals surface area contributed by atoms with Crippen LogP contribution in [-0.2, 0) is 11.2 Å². The fourth-order valence-corrected chi connectivity index (χ4v) is 3.26. The first-order valence-electron chi connectivity index (χ1n) is 8.26. The number of nitrogens with zero attached hydrogens (tertiary/aromatic N) is 2. The van der Waals surface area contributed by atoms with Crippen molar-refractivity contribution >= 4 is 5.91 Å². The molecule has 0 aliphatic carbocycles. The van der Waals surface area contributed by atoms with Gasteiger partial charge in [0.2, 0.25) is 5.91 Å². The molecule has 0 spiro atoms. The van der Waals surface area contributed by atoms with Gasteiger partial charge in [-0.15, -0.1) is 0 Å². The van der Waals surface area contributed by atoms with Crippen molar-refractivity contribution in [3.63, 3.8) is 0 Å². The van der Waals surface area contributed by atoms with Gasteiger partial charge in [0.05, 0.1) is 11.7 Å². The number of likely N-dealkylation sites (tertiary alicyclic amines) is 1. The highest BCUT2D eigenvalue weighted by atomic mass is 19.1. The van der Waals surface area contributed by atoms with E-state index in [0.29, 0.717) is 18.5 Å². The molecule has 1 fully saturated rings. The normalized spacial score (nSPS) is 18.8. The second-order valence-electron chi connectivity index (χ2n) is 6.38. The highest BCUT2D eigenvalue weighted by Crippen LogP contribution is 2.32. The number of hydrogen-bond acceptors (Lipinski definition) is 4. The van der Waals surface area contributed by atoms with Crippen molar-refractivity contribution in [1.82, 2.24) is 10.1 Å². The number of aromatic nitrogens is 1. The van der Waals surface area contributed by atoms with E-state index in [0.717, 1.165) is 24.3 Å². The summed E-state index contributed by atoms with van der Waals surface area (Å²) in [7, 11) is 0. The number of carbonyl (C=O) groups excluding carboxylic acids is 1. The molecule has 2 aromatic rings. The van der Waals surface area contributed by atoms with Crippen molar-refractivity contribution in [2.45, 2.75) is 44.7 Å². The highest BCUT2D eigenvalue weighted by Gasteiger charge is 2.33. The van der Waals surface area contributed by atoms with Crippen LogP contribution in [0.2, 0.25) is 0 Å². The number of halogens is 1. The van der Waals surface area contributed by atoms with E-state index in [2.05, 4.69) is 5.16 Å². The molecule has 1 unspecified atom stereocenters. The number of amides is 1. The lowest BCUT2D eigenvalue weighted by molar-refractivity contribution is -0.132. The molecule has 1 amide bonds. The Kier molecular flexibility index (Phi) is 4.94. The Labute approximate surface area is 140 Å². The molecule has 2 heterocycles. The van der Waals surface area contributed by atoms with Gasteiger partial charge in [-0.1, -0.05) is 23.4 Å². The van der Waals surface area contributed by atoms with Crippen LogP contribution >= 0.6 is 0 Å². The van der Waals surface area contributed by atoms with Gasteiger partial charge in [-0.25, -0.2) is 4.39 Å². The molecule has 2 atom stereocenters. The molecule has 24 heavy (non-hydrogen) atoms. The van der Waals surface area contributed by atoms with Crippen LogP contribution in [0.3, 0.4) is 0 Å². The summed E-state index contributed by atoms with van der Waals surface area (Å²) in [6, 6.07) is 7.92. The predicted molar refractivity (Wildman–Crippen MR) is 87.6 cm³/mol. The van der Waals surface area contributed by atoms with Gasteiger partial charge in [-0.05, 0) is 37.8 Å². The minimum Gasteiger partial charge on any atom is -0.359 e. The molecule has 0 radical (unpaired) electrons. The van der Waals surface area contributed by atoms with Crippen LogP contribution in [0.1, 0.15) is 42.3 Å². The largest absolute Gasteiger partial charge is 0.359 e. The molecule has 0 bridgehead atoms. The zero-order valence-corrected chi connectivity index (χ0v) is 13.7. The molecule has 5 nitrogen and oxygen atoms in total. The van der Waals surface area contributed by atoms with Gasteiger partial charge in [0, 0.05) is 25.1 Å². The first kappa shape index (κ1) is 16.6. The standard InChI is InChI=1S/C18H22FN3O2/c1-12-9-17(24-21-12)16-7-4-8-22(16)18(23)11-14(20)10-13-5-2-3-6-15(13)19/h2-3,5-6,9,14,16H,4,7-8,10-11,20H2,1H3/t14?,16-/m0/s1. The fourth-order valence-electron chi connectivity index (χ4n) is 3.26. The molecule has 2 N–H and O–H groups in total. The van der Waals surface area contributed by atoms with Crippen LogP contribution in [0.5, 0.6) is 0 Å². The van der Waals surface area contributed by atoms with Crippen molar-refractivity contribution in [3.8, 4) is 0 Å². The maximum Gasteiger partial charge on any atom is 0.224 e. The zero-order valence-electron chi connectivity index (χ0n) is 13.7. The molecule has 1 aliphatic rings. The summed E-state index contributed by atoms with van der Waals surface area (Å²) in [5.41, 5.74) is 7.43. The summed E-state index contributed by atoms with van der Waals surface area (Å²) in [5.74, 6) is 0.424.